The van der Waals surface area contributed by atoms with Crippen LogP contribution in [0, 0.1) is 11.3 Å². The number of carbonyl (C=O) groups excluding carboxylic acids is 1. The van der Waals surface area contributed by atoms with Crippen LogP contribution in [-0.2, 0) is 17.9 Å². The van der Waals surface area contributed by atoms with Crippen LogP contribution < -0.4 is 11.1 Å². The lowest BCUT2D eigenvalue weighted by Gasteiger charge is -2.30. The molecule has 0 aromatic heterocycles. The SMILES string of the molecule is CCC(CC)(CN)C(=O)NCc1cccc(CN2CCC(C)CC2)c1.Cl.Cl. The first-order valence-corrected chi connectivity index (χ1v) is 9.81. The molecule has 1 aromatic rings. The fraction of sp³-hybridized carbons (Fsp3) is 0.667. The van der Waals surface area contributed by atoms with Crippen molar-refractivity contribution in [1.29, 1.82) is 0 Å². The van der Waals surface area contributed by atoms with E-state index in [1.54, 1.807) is 0 Å². The molecule has 0 aliphatic carbocycles. The van der Waals surface area contributed by atoms with Gasteiger partial charge in [0, 0.05) is 19.6 Å². The number of carbonyl (C=O) groups is 1. The molecule has 1 heterocycles. The van der Waals surface area contributed by atoms with Crippen molar-refractivity contribution in [3.8, 4) is 0 Å². The number of likely N-dealkylation sites (tertiary alicyclic amines) is 1. The summed E-state index contributed by atoms with van der Waals surface area (Å²) in [5.74, 6) is 0.938. The average Bonchev–Trinajstić information content (AvgIpc) is 2.64. The number of nitrogens with zero attached hydrogens (tertiary/aromatic N) is 1. The topological polar surface area (TPSA) is 58.4 Å². The Morgan fingerprint density at radius 1 is 1.19 bits per heavy atom. The zero-order valence-corrected chi connectivity index (χ0v) is 18.6. The van der Waals surface area contributed by atoms with Crippen LogP contribution in [0.2, 0.25) is 0 Å². The van der Waals surface area contributed by atoms with Crippen molar-refractivity contribution in [2.75, 3.05) is 19.6 Å². The molecular formula is C21H37Cl2N3O. The van der Waals surface area contributed by atoms with Crippen molar-refractivity contribution in [3.63, 3.8) is 0 Å². The van der Waals surface area contributed by atoms with E-state index in [4.69, 9.17) is 5.73 Å². The molecule has 4 nitrogen and oxygen atoms in total. The number of hydrogen-bond donors (Lipinski definition) is 2. The molecule has 0 spiro atoms. The quantitative estimate of drug-likeness (QED) is 0.667. The van der Waals surface area contributed by atoms with Crippen molar-refractivity contribution in [2.45, 2.75) is 59.5 Å². The standard InChI is InChI=1S/C21H35N3O.2ClH/c1-4-21(5-2,16-22)20(25)23-14-18-7-6-8-19(13-18)15-24-11-9-17(3)10-12-24;;/h6-8,13,17H,4-5,9-12,14-16,22H2,1-3H3,(H,23,25);2*1H. The number of hydrogen-bond acceptors (Lipinski definition) is 3. The second kappa shape index (κ2) is 12.6. The highest BCUT2D eigenvalue weighted by atomic mass is 35.5. The van der Waals surface area contributed by atoms with Gasteiger partial charge in [-0.15, -0.1) is 24.8 Å². The summed E-state index contributed by atoms with van der Waals surface area (Å²) in [7, 11) is 0. The van der Waals surface area contributed by atoms with Crippen molar-refractivity contribution < 1.29 is 4.79 Å². The molecule has 2 rings (SSSR count). The minimum Gasteiger partial charge on any atom is -0.352 e. The molecular weight excluding hydrogens is 381 g/mol. The van der Waals surface area contributed by atoms with Crippen LogP contribution in [0.4, 0.5) is 0 Å². The molecule has 1 saturated heterocycles. The molecule has 0 unspecified atom stereocenters. The highest BCUT2D eigenvalue weighted by Crippen LogP contribution is 2.25. The number of nitrogens with two attached hydrogens (primary N) is 1. The summed E-state index contributed by atoms with van der Waals surface area (Å²) >= 11 is 0. The van der Waals surface area contributed by atoms with Gasteiger partial charge >= 0.3 is 0 Å². The second-order valence-electron chi connectivity index (χ2n) is 7.65. The fourth-order valence-electron chi connectivity index (χ4n) is 3.64. The zero-order valence-electron chi connectivity index (χ0n) is 17.0. The first-order valence-electron chi connectivity index (χ1n) is 9.81. The molecule has 0 saturated carbocycles. The first-order chi connectivity index (χ1) is 12.0. The Labute approximate surface area is 177 Å². The van der Waals surface area contributed by atoms with Crippen molar-refractivity contribution >= 4 is 30.7 Å². The molecule has 156 valence electrons. The highest BCUT2D eigenvalue weighted by Gasteiger charge is 2.32. The van der Waals surface area contributed by atoms with Crippen LogP contribution in [0.1, 0.15) is 57.6 Å². The average molecular weight is 418 g/mol. The van der Waals surface area contributed by atoms with Crippen LogP contribution in [0.5, 0.6) is 0 Å². The normalized spacial score (nSPS) is 15.6. The molecule has 1 aliphatic rings. The molecule has 1 fully saturated rings. The van der Waals surface area contributed by atoms with Gasteiger partial charge in [0.1, 0.15) is 0 Å². The Hall–Kier alpha value is -0.810. The van der Waals surface area contributed by atoms with Crippen molar-refractivity contribution in [1.82, 2.24) is 10.2 Å². The largest absolute Gasteiger partial charge is 0.352 e. The van der Waals surface area contributed by atoms with Gasteiger partial charge in [-0.1, -0.05) is 45.0 Å². The van der Waals surface area contributed by atoms with Crippen molar-refractivity contribution in [2.24, 2.45) is 17.1 Å². The van der Waals surface area contributed by atoms with Crippen LogP contribution in [0.15, 0.2) is 24.3 Å². The minimum atomic E-state index is -0.428. The summed E-state index contributed by atoms with van der Waals surface area (Å²) < 4.78 is 0. The van der Waals surface area contributed by atoms with Gasteiger partial charge in [-0.05, 0) is 55.8 Å². The molecule has 1 aromatic carbocycles. The Balaban J connectivity index is 0.00000338. The number of nitrogens with one attached hydrogen (secondary N) is 1. The predicted molar refractivity (Wildman–Crippen MR) is 119 cm³/mol. The maximum absolute atomic E-state index is 12.6. The smallest absolute Gasteiger partial charge is 0.227 e. The van der Waals surface area contributed by atoms with Gasteiger partial charge in [-0.3, -0.25) is 9.69 Å². The second-order valence-corrected chi connectivity index (χ2v) is 7.65. The van der Waals surface area contributed by atoms with E-state index < -0.39 is 5.41 Å². The molecule has 0 atom stereocenters. The Morgan fingerprint density at radius 3 is 2.33 bits per heavy atom. The van der Waals surface area contributed by atoms with E-state index in [0.29, 0.717) is 13.1 Å². The Kier molecular flexibility index (Phi) is 12.2. The monoisotopic (exact) mass is 417 g/mol. The fourth-order valence-corrected chi connectivity index (χ4v) is 3.64. The molecule has 0 bridgehead atoms. The molecule has 0 radical (unpaired) electrons. The van der Waals surface area contributed by atoms with Crippen LogP contribution in [-0.4, -0.2) is 30.4 Å². The predicted octanol–water partition coefficient (Wildman–Crippen LogP) is 4.14. The minimum absolute atomic E-state index is 0. The number of halogens is 2. The van der Waals surface area contributed by atoms with Gasteiger partial charge in [0.05, 0.1) is 5.41 Å². The maximum Gasteiger partial charge on any atom is 0.227 e. The van der Waals surface area contributed by atoms with Crippen LogP contribution >= 0.6 is 24.8 Å². The zero-order chi connectivity index (χ0) is 18.3. The number of rotatable bonds is 8. The van der Waals surface area contributed by atoms with Crippen LogP contribution in [0.25, 0.3) is 0 Å². The summed E-state index contributed by atoms with van der Waals surface area (Å²) in [6.45, 7) is 10.8. The summed E-state index contributed by atoms with van der Waals surface area (Å²) in [6.07, 6.45) is 4.15. The highest BCUT2D eigenvalue weighted by molar-refractivity contribution is 5.85. The number of piperidine rings is 1. The Morgan fingerprint density at radius 2 is 1.78 bits per heavy atom. The molecule has 27 heavy (non-hydrogen) atoms. The molecule has 6 heteroatoms. The van der Waals surface area contributed by atoms with E-state index in [9.17, 15) is 4.79 Å². The van der Waals surface area contributed by atoms with Gasteiger partial charge in [-0.2, -0.15) is 0 Å². The van der Waals surface area contributed by atoms with Gasteiger partial charge in [0.2, 0.25) is 5.91 Å². The van der Waals surface area contributed by atoms with E-state index >= 15 is 0 Å². The van der Waals surface area contributed by atoms with Crippen LogP contribution in [0.3, 0.4) is 0 Å². The van der Waals surface area contributed by atoms with E-state index in [1.807, 2.05) is 13.8 Å². The maximum atomic E-state index is 12.6. The van der Waals surface area contributed by atoms with E-state index in [0.717, 1.165) is 30.9 Å². The van der Waals surface area contributed by atoms with E-state index in [2.05, 4.69) is 41.4 Å². The third-order valence-electron chi connectivity index (χ3n) is 5.95. The lowest BCUT2D eigenvalue weighted by molar-refractivity contribution is -0.131. The molecule has 1 aliphatic heterocycles. The lowest BCUT2D eigenvalue weighted by Crippen LogP contribution is -2.45. The summed E-state index contributed by atoms with van der Waals surface area (Å²) in [5, 5.41) is 3.10. The van der Waals surface area contributed by atoms with Crippen molar-refractivity contribution in [3.05, 3.63) is 35.4 Å². The summed E-state index contributed by atoms with van der Waals surface area (Å²) in [5.41, 5.74) is 7.93. The van der Waals surface area contributed by atoms with E-state index in [-0.39, 0.29) is 30.7 Å². The van der Waals surface area contributed by atoms with Gasteiger partial charge < -0.3 is 11.1 Å². The third-order valence-corrected chi connectivity index (χ3v) is 5.95. The third kappa shape index (κ3) is 7.26. The van der Waals surface area contributed by atoms with Gasteiger partial charge in [-0.25, -0.2) is 0 Å². The first kappa shape index (κ1) is 26.2. The molecule has 1 amide bonds. The Bertz CT molecular complexity index is 548. The summed E-state index contributed by atoms with van der Waals surface area (Å²) in [4.78, 5) is 15.1. The van der Waals surface area contributed by atoms with E-state index in [1.165, 1.54) is 31.5 Å². The number of amides is 1. The van der Waals surface area contributed by atoms with Gasteiger partial charge in [0.25, 0.3) is 0 Å². The van der Waals surface area contributed by atoms with Gasteiger partial charge in [0.15, 0.2) is 0 Å². The summed E-state index contributed by atoms with van der Waals surface area (Å²) in [6, 6.07) is 8.59. The lowest BCUT2D eigenvalue weighted by atomic mass is 9.81. The number of benzene rings is 1. The molecule has 3 N–H and O–H groups in total.